The molecule has 106 valence electrons. The summed E-state index contributed by atoms with van der Waals surface area (Å²) >= 11 is 5.61. The van der Waals surface area contributed by atoms with E-state index < -0.39 is 20.1 Å². The lowest BCUT2D eigenvalue weighted by atomic mass is 10.2. The largest absolute Gasteiger partial charge is 0.543 e. The molecule has 19 heavy (non-hydrogen) atoms. The van der Waals surface area contributed by atoms with Crippen LogP contribution in [0.25, 0.3) is 0 Å². The molecule has 0 aliphatic carbocycles. The first-order valence-corrected chi connectivity index (χ1v) is 9.15. The van der Waals surface area contributed by atoms with Gasteiger partial charge in [0.2, 0.25) is 0 Å². The predicted molar refractivity (Wildman–Crippen MR) is 76.2 cm³/mol. The van der Waals surface area contributed by atoms with Crippen molar-refractivity contribution in [2.75, 3.05) is 0 Å². The van der Waals surface area contributed by atoms with Crippen molar-refractivity contribution in [1.82, 2.24) is 0 Å². The smallest absolute Gasteiger partial charge is 0.339 e. The van der Waals surface area contributed by atoms with Crippen LogP contribution in [0.3, 0.4) is 0 Å². The Kier molecular flexibility index (Phi) is 4.32. The fraction of sp³-hybridized carbons (Fsp3) is 0.462. The second-order valence-electron chi connectivity index (χ2n) is 5.93. The van der Waals surface area contributed by atoms with Crippen molar-refractivity contribution >= 4 is 25.9 Å². The number of carboxylic acid groups (broad SMARTS) is 1. The van der Waals surface area contributed by atoms with Crippen LogP contribution < -0.4 is 4.43 Å². The second kappa shape index (κ2) is 5.13. The minimum absolute atomic E-state index is 0.0426. The zero-order chi connectivity index (χ0) is 15.0. The maximum absolute atomic E-state index is 13.5. The molecular formula is C13H18ClFO3Si. The van der Waals surface area contributed by atoms with Crippen LogP contribution in [0, 0.1) is 5.82 Å². The molecule has 0 heterocycles. The average molecular weight is 305 g/mol. The highest BCUT2D eigenvalue weighted by molar-refractivity contribution is 6.74. The third kappa shape index (κ3) is 3.48. The van der Waals surface area contributed by atoms with E-state index in [1.807, 2.05) is 33.9 Å². The lowest BCUT2D eigenvalue weighted by molar-refractivity contribution is 0.0694. The van der Waals surface area contributed by atoms with Crippen molar-refractivity contribution in [3.63, 3.8) is 0 Å². The topological polar surface area (TPSA) is 46.5 Å². The fourth-order valence-corrected chi connectivity index (χ4v) is 2.40. The Morgan fingerprint density at radius 2 is 1.89 bits per heavy atom. The highest BCUT2D eigenvalue weighted by atomic mass is 35.5. The van der Waals surface area contributed by atoms with Gasteiger partial charge < -0.3 is 9.53 Å². The molecule has 1 aromatic rings. The fourth-order valence-electron chi connectivity index (χ4n) is 1.21. The number of carboxylic acids is 1. The van der Waals surface area contributed by atoms with Crippen LogP contribution in [0.2, 0.25) is 23.2 Å². The van der Waals surface area contributed by atoms with E-state index in [9.17, 15) is 9.18 Å². The van der Waals surface area contributed by atoms with E-state index in [4.69, 9.17) is 21.1 Å². The van der Waals surface area contributed by atoms with Crippen LogP contribution in [-0.2, 0) is 0 Å². The minimum atomic E-state index is -2.24. The van der Waals surface area contributed by atoms with Gasteiger partial charge in [0.15, 0.2) is 0 Å². The molecule has 0 unspecified atom stereocenters. The Morgan fingerprint density at radius 3 is 2.32 bits per heavy atom. The molecule has 0 spiro atoms. The van der Waals surface area contributed by atoms with E-state index in [0.29, 0.717) is 0 Å². The van der Waals surface area contributed by atoms with Gasteiger partial charge in [-0.15, -0.1) is 0 Å². The third-order valence-electron chi connectivity index (χ3n) is 3.42. The summed E-state index contributed by atoms with van der Waals surface area (Å²) in [6, 6.07) is 2.13. The van der Waals surface area contributed by atoms with Crippen LogP contribution in [-0.4, -0.2) is 19.4 Å². The average Bonchev–Trinajstić information content (AvgIpc) is 2.20. The first-order valence-electron chi connectivity index (χ1n) is 5.87. The van der Waals surface area contributed by atoms with Crippen LogP contribution in [0.4, 0.5) is 4.39 Å². The van der Waals surface area contributed by atoms with Crippen LogP contribution >= 0.6 is 11.6 Å². The first-order chi connectivity index (χ1) is 8.45. The van der Waals surface area contributed by atoms with Gasteiger partial charge in [-0.3, -0.25) is 0 Å². The zero-order valence-electron chi connectivity index (χ0n) is 11.7. The summed E-state index contributed by atoms with van der Waals surface area (Å²) in [5.74, 6) is -1.82. The highest BCUT2D eigenvalue weighted by Gasteiger charge is 2.39. The van der Waals surface area contributed by atoms with E-state index in [0.717, 1.165) is 12.1 Å². The van der Waals surface area contributed by atoms with Gasteiger partial charge in [-0.25, -0.2) is 9.18 Å². The lowest BCUT2D eigenvalue weighted by Gasteiger charge is -2.36. The maximum Gasteiger partial charge on any atom is 0.339 e. The van der Waals surface area contributed by atoms with Gasteiger partial charge in [0, 0.05) is 6.07 Å². The summed E-state index contributed by atoms with van der Waals surface area (Å²) in [5, 5.41) is 8.80. The van der Waals surface area contributed by atoms with E-state index in [1.54, 1.807) is 0 Å². The Balaban J connectivity index is 3.28. The molecule has 0 aromatic heterocycles. The van der Waals surface area contributed by atoms with E-state index in [-0.39, 0.29) is 21.4 Å². The molecule has 0 fully saturated rings. The monoisotopic (exact) mass is 304 g/mol. The summed E-state index contributed by atoms with van der Waals surface area (Å²) < 4.78 is 19.4. The van der Waals surface area contributed by atoms with Crippen LogP contribution in [0.5, 0.6) is 5.75 Å². The summed E-state index contributed by atoms with van der Waals surface area (Å²) in [6.45, 7) is 9.99. The van der Waals surface area contributed by atoms with Gasteiger partial charge in [-0.05, 0) is 24.2 Å². The van der Waals surface area contributed by atoms with Gasteiger partial charge in [-0.2, -0.15) is 0 Å². The molecule has 0 saturated heterocycles. The van der Waals surface area contributed by atoms with Crippen molar-refractivity contribution in [2.24, 2.45) is 0 Å². The van der Waals surface area contributed by atoms with Crippen molar-refractivity contribution in [3.05, 3.63) is 28.5 Å². The minimum Gasteiger partial charge on any atom is -0.543 e. The molecule has 6 heteroatoms. The molecule has 0 radical (unpaired) electrons. The van der Waals surface area contributed by atoms with Crippen molar-refractivity contribution < 1.29 is 18.7 Å². The quantitative estimate of drug-likeness (QED) is 0.833. The number of benzene rings is 1. The molecule has 1 rings (SSSR count). The Bertz CT molecular complexity index is 509. The van der Waals surface area contributed by atoms with Crippen LogP contribution in [0.15, 0.2) is 12.1 Å². The van der Waals surface area contributed by atoms with Gasteiger partial charge >= 0.3 is 5.97 Å². The Morgan fingerprint density at radius 1 is 1.37 bits per heavy atom. The van der Waals surface area contributed by atoms with Crippen molar-refractivity contribution in [3.8, 4) is 5.75 Å². The van der Waals surface area contributed by atoms with Gasteiger partial charge in [0.05, 0.1) is 5.02 Å². The highest BCUT2D eigenvalue weighted by Crippen LogP contribution is 2.39. The molecule has 0 saturated carbocycles. The maximum atomic E-state index is 13.5. The van der Waals surface area contributed by atoms with E-state index in [1.165, 1.54) is 0 Å². The van der Waals surface area contributed by atoms with E-state index in [2.05, 4.69) is 0 Å². The van der Waals surface area contributed by atoms with E-state index >= 15 is 0 Å². The molecule has 1 aromatic carbocycles. The number of hydrogen-bond acceptors (Lipinski definition) is 2. The summed E-state index contributed by atoms with van der Waals surface area (Å²) in [4.78, 5) is 11.2. The normalized spacial score (nSPS) is 12.4. The van der Waals surface area contributed by atoms with Crippen molar-refractivity contribution in [1.29, 1.82) is 0 Å². The molecule has 0 bridgehead atoms. The summed E-state index contributed by atoms with van der Waals surface area (Å²) in [7, 11) is -2.24. The Labute approximate surface area is 118 Å². The van der Waals surface area contributed by atoms with Gasteiger partial charge in [0.25, 0.3) is 8.32 Å². The molecular weight excluding hydrogens is 287 g/mol. The predicted octanol–water partition coefficient (Wildman–Crippen LogP) is 4.56. The Hall–Kier alpha value is -1.07. The summed E-state index contributed by atoms with van der Waals surface area (Å²) in [5.41, 5.74) is -0.115. The number of halogens is 2. The number of rotatable bonds is 3. The molecule has 1 N–H and O–H groups in total. The molecule has 0 aliphatic heterocycles. The number of hydrogen-bond donors (Lipinski definition) is 1. The molecule has 0 amide bonds. The first kappa shape index (κ1) is 16.0. The zero-order valence-corrected chi connectivity index (χ0v) is 13.4. The standard InChI is InChI=1S/C13H18ClFO3Si/c1-13(2,3)19(4,5)18-11-7-10(15)9(14)6-8(11)12(16)17/h6-7H,1-5H3,(H,16,17). The lowest BCUT2D eigenvalue weighted by Crippen LogP contribution is -2.44. The van der Waals surface area contributed by atoms with Crippen LogP contribution in [0.1, 0.15) is 31.1 Å². The molecule has 0 atom stereocenters. The van der Waals surface area contributed by atoms with Gasteiger partial charge in [-0.1, -0.05) is 32.4 Å². The third-order valence-corrected chi connectivity index (χ3v) is 8.06. The SMILES string of the molecule is CC(C)(C)[Si](C)(C)Oc1cc(F)c(Cl)cc1C(=O)O. The summed E-state index contributed by atoms with van der Waals surface area (Å²) in [6.07, 6.45) is 0. The second-order valence-corrected chi connectivity index (χ2v) is 11.1. The molecule has 3 nitrogen and oxygen atoms in total. The number of carbonyl (C=O) groups is 1. The van der Waals surface area contributed by atoms with Crippen molar-refractivity contribution in [2.45, 2.75) is 38.9 Å². The molecule has 0 aliphatic rings. The number of aromatic carboxylic acids is 1. The van der Waals surface area contributed by atoms with Gasteiger partial charge in [0.1, 0.15) is 17.1 Å².